The van der Waals surface area contributed by atoms with Crippen molar-refractivity contribution in [3.8, 4) is 11.8 Å². The number of aromatic nitrogens is 1. The molecule has 6 nitrogen and oxygen atoms in total. The third-order valence-electron chi connectivity index (χ3n) is 4.95. The highest BCUT2D eigenvalue weighted by Crippen LogP contribution is 2.28. The summed E-state index contributed by atoms with van der Waals surface area (Å²) in [6.07, 6.45) is 3.19. The van der Waals surface area contributed by atoms with Crippen molar-refractivity contribution < 1.29 is 9.53 Å². The maximum Gasteiger partial charge on any atom is 0.315 e. The van der Waals surface area contributed by atoms with Crippen molar-refractivity contribution in [2.24, 2.45) is 5.92 Å². The van der Waals surface area contributed by atoms with E-state index in [2.05, 4.69) is 27.3 Å². The number of likely N-dealkylation sites (tertiary alicyclic amines) is 1. The minimum Gasteiger partial charge on any atom is -0.426 e. The lowest BCUT2D eigenvalue weighted by atomic mass is 10.1. The van der Waals surface area contributed by atoms with Crippen LogP contribution in [-0.2, 0) is 17.8 Å². The Balaban J connectivity index is 1.31. The number of hydrogen-bond acceptors (Lipinski definition) is 6. The van der Waals surface area contributed by atoms with Gasteiger partial charge >= 0.3 is 5.97 Å². The van der Waals surface area contributed by atoms with Crippen LogP contribution in [0.2, 0.25) is 0 Å². The van der Waals surface area contributed by atoms with Gasteiger partial charge in [0, 0.05) is 31.4 Å². The molecule has 0 spiro atoms. The van der Waals surface area contributed by atoms with Gasteiger partial charge in [0.15, 0.2) is 0 Å². The summed E-state index contributed by atoms with van der Waals surface area (Å²) in [5.41, 5.74) is 2.73. The molecule has 0 aliphatic carbocycles. The van der Waals surface area contributed by atoms with E-state index in [4.69, 9.17) is 10.00 Å². The number of hydrogen-bond donors (Lipinski definition) is 1. The molecule has 2 aliphatic rings. The number of esters is 1. The summed E-state index contributed by atoms with van der Waals surface area (Å²) in [6, 6.07) is 11.8. The van der Waals surface area contributed by atoms with Crippen LogP contribution in [0.15, 0.2) is 36.5 Å². The summed E-state index contributed by atoms with van der Waals surface area (Å²) in [4.78, 5) is 18.0. The van der Waals surface area contributed by atoms with Gasteiger partial charge in [-0.25, -0.2) is 4.98 Å². The first-order chi connectivity index (χ1) is 12.7. The number of carbonyl (C=O) groups is 1. The normalized spacial score (nSPS) is 19.0. The Kier molecular flexibility index (Phi) is 4.55. The molecule has 0 amide bonds. The second kappa shape index (κ2) is 7.14. The molecule has 1 aromatic heterocycles. The monoisotopic (exact) mass is 348 g/mol. The van der Waals surface area contributed by atoms with Crippen molar-refractivity contribution in [3.63, 3.8) is 0 Å². The van der Waals surface area contributed by atoms with Gasteiger partial charge in [-0.05, 0) is 42.6 Å². The number of rotatable bonds is 5. The summed E-state index contributed by atoms with van der Waals surface area (Å²) in [5.74, 6) is 1.73. The average Bonchev–Trinajstić information content (AvgIpc) is 3.25. The third-order valence-corrected chi connectivity index (χ3v) is 4.95. The lowest BCUT2D eigenvalue weighted by Gasteiger charge is -2.17. The van der Waals surface area contributed by atoms with Gasteiger partial charge in [0.25, 0.3) is 0 Å². The number of carbonyl (C=O) groups excluding carboxylic acids is 1. The number of nitrogens with zero attached hydrogens (tertiary/aromatic N) is 3. The van der Waals surface area contributed by atoms with E-state index in [0.29, 0.717) is 29.5 Å². The standard InChI is InChI=1S/C20H20N4O2/c21-10-17-2-1-6-22-20(17)23-11-15-5-7-24(13-15)12-14-3-4-16-9-19(25)26-18(16)8-14/h1-4,6,8,15H,5,7,9,11-13H2,(H,22,23). The molecule has 26 heavy (non-hydrogen) atoms. The maximum atomic E-state index is 11.4. The summed E-state index contributed by atoms with van der Waals surface area (Å²) >= 11 is 0. The van der Waals surface area contributed by atoms with Crippen molar-refractivity contribution in [3.05, 3.63) is 53.2 Å². The van der Waals surface area contributed by atoms with E-state index in [1.165, 1.54) is 5.56 Å². The van der Waals surface area contributed by atoms with Crippen LogP contribution in [0.3, 0.4) is 0 Å². The van der Waals surface area contributed by atoms with E-state index in [1.807, 2.05) is 12.1 Å². The fourth-order valence-corrected chi connectivity index (χ4v) is 3.61. The molecule has 1 fully saturated rings. The molecular weight excluding hydrogens is 328 g/mol. The van der Waals surface area contributed by atoms with Crippen molar-refractivity contribution in [2.75, 3.05) is 25.0 Å². The van der Waals surface area contributed by atoms with Crippen LogP contribution in [0.5, 0.6) is 5.75 Å². The molecule has 1 unspecified atom stereocenters. The van der Waals surface area contributed by atoms with Crippen LogP contribution < -0.4 is 10.1 Å². The van der Waals surface area contributed by atoms with Gasteiger partial charge < -0.3 is 10.1 Å². The van der Waals surface area contributed by atoms with E-state index in [9.17, 15) is 4.79 Å². The molecule has 0 saturated carbocycles. The molecule has 0 radical (unpaired) electrons. The summed E-state index contributed by atoms with van der Waals surface area (Å²) < 4.78 is 5.24. The number of ether oxygens (including phenoxy) is 1. The summed E-state index contributed by atoms with van der Waals surface area (Å²) in [7, 11) is 0. The summed E-state index contributed by atoms with van der Waals surface area (Å²) in [5, 5.41) is 12.4. The van der Waals surface area contributed by atoms with Crippen LogP contribution in [0.1, 0.15) is 23.1 Å². The minimum absolute atomic E-state index is 0.171. The quantitative estimate of drug-likeness (QED) is 0.660. The zero-order chi connectivity index (χ0) is 17.9. The Hall–Kier alpha value is -2.91. The van der Waals surface area contributed by atoms with Crippen LogP contribution in [-0.4, -0.2) is 35.5 Å². The van der Waals surface area contributed by atoms with Crippen LogP contribution in [0.4, 0.5) is 5.82 Å². The number of benzene rings is 1. The molecule has 1 aromatic carbocycles. The molecule has 0 bridgehead atoms. The predicted molar refractivity (Wildman–Crippen MR) is 96.6 cm³/mol. The van der Waals surface area contributed by atoms with Gasteiger partial charge in [0.05, 0.1) is 12.0 Å². The fourth-order valence-electron chi connectivity index (χ4n) is 3.61. The number of pyridine rings is 1. The lowest BCUT2D eigenvalue weighted by Crippen LogP contribution is -2.23. The first kappa shape index (κ1) is 16.6. The molecule has 132 valence electrons. The van der Waals surface area contributed by atoms with Gasteiger partial charge in [0.1, 0.15) is 17.6 Å². The smallest absolute Gasteiger partial charge is 0.315 e. The Labute approximate surface area is 152 Å². The molecule has 6 heteroatoms. The third kappa shape index (κ3) is 3.53. The molecule has 2 aliphatic heterocycles. The maximum absolute atomic E-state index is 11.4. The lowest BCUT2D eigenvalue weighted by molar-refractivity contribution is -0.131. The highest BCUT2D eigenvalue weighted by atomic mass is 16.5. The van der Waals surface area contributed by atoms with Crippen LogP contribution in [0, 0.1) is 17.2 Å². The highest BCUT2D eigenvalue weighted by Gasteiger charge is 2.24. The molecule has 2 aromatic rings. The first-order valence-corrected chi connectivity index (χ1v) is 8.85. The molecule has 1 N–H and O–H groups in total. The first-order valence-electron chi connectivity index (χ1n) is 8.85. The Morgan fingerprint density at radius 1 is 1.38 bits per heavy atom. The van der Waals surface area contributed by atoms with Crippen LogP contribution in [0.25, 0.3) is 0 Å². The van der Waals surface area contributed by atoms with Crippen molar-refractivity contribution in [1.29, 1.82) is 5.26 Å². The number of anilines is 1. The molecule has 3 heterocycles. The Morgan fingerprint density at radius 3 is 3.19 bits per heavy atom. The van der Waals surface area contributed by atoms with Crippen LogP contribution >= 0.6 is 0 Å². The molecule has 1 atom stereocenters. The van der Waals surface area contributed by atoms with E-state index in [0.717, 1.165) is 38.2 Å². The van der Waals surface area contributed by atoms with Crippen molar-refractivity contribution in [1.82, 2.24) is 9.88 Å². The Morgan fingerprint density at radius 2 is 2.31 bits per heavy atom. The fraction of sp³-hybridized carbons (Fsp3) is 0.350. The Bertz CT molecular complexity index is 874. The zero-order valence-electron chi connectivity index (χ0n) is 14.4. The summed E-state index contributed by atoms with van der Waals surface area (Å²) in [6.45, 7) is 3.70. The molecular formula is C20H20N4O2. The van der Waals surface area contributed by atoms with Gasteiger partial charge in [-0.15, -0.1) is 0 Å². The predicted octanol–water partition coefficient (Wildman–Crippen LogP) is 2.35. The van der Waals surface area contributed by atoms with E-state index < -0.39 is 0 Å². The second-order valence-electron chi connectivity index (χ2n) is 6.88. The van der Waals surface area contributed by atoms with Gasteiger partial charge in [0.2, 0.25) is 0 Å². The number of nitriles is 1. The van der Waals surface area contributed by atoms with Gasteiger partial charge in [-0.1, -0.05) is 12.1 Å². The topological polar surface area (TPSA) is 78.2 Å². The molecule has 1 saturated heterocycles. The van der Waals surface area contributed by atoms with E-state index >= 15 is 0 Å². The second-order valence-corrected chi connectivity index (χ2v) is 6.88. The average molecular weight is 348 g/mol. The SMILES string of the molecule is N#Cc1cccnc1NCC1CCN(Cc2ccc3c(c2)OC(=O)C3)C1. The number of fused-ring (bicyclic) bond motifs is 1. The van der Waals surface area contributed by atoms with E-state index in [1.54, 1.807) is 18.3 Å². The largest absolute Gasteiger partial charge is 0.426 e. The van der Waals surface area contributed by atoms with Gasteiger partial charge in [-0.2, -0.15) is 5.26 Å². The molecule has 4 rings (SSSR count). The van der Waals surface area contributed by atoms with Crippen molar-refractivity contribution >= 4 is 11.8 Å². The zero-order valence-corrected chi connectivity index (χ0v) is 14.4. The minimum atomic E-state index is -0.171. The highest BCUT2D eigenvalue weighted by molar-refractivity contribution is 5.81. The van der Waals surface area contributed by atoms with Crippen molar-refractivity contribution in [2.45, 2.75) is 19.4 Å². The van der Waals surface area contributed by atoms with E-state index in [-0.39, 0.29) is 5.97 Å². The number of nitrogens with one attached hydrogen (secondary N) is 1. The van der Waals surface area contributed by atoms with Gasteiger partial charge in [-0.3, -0.25) is 9.69 Å².